The van der Waals surface area contributed by atoms with Crippen LogP contribution in [0.15, 0.2) is 17.1 Å². The molecule has 1 saturated heterocycles. The van der Waals surface area contributed by atoms with Crippen molar-refractivity contribution in [3.8, 4) is 17.2 Å². The highest BCUT2D eigenvalue weighted by Gasteiger charge is 2.22. The van der Waals surface area contributed by atoms with E-state index in [2.05, 4.69) is 36.3 Å². The number of nitrogens with zero attached hydrogens (tertiary/aromatic N) is 2. The van der Waals surface area contributed by atoms with Gasteiger partial charge in [0.05, 0.1) is 41.1 Å². The fraction of sp³-hybridized carbons (Fsp3) is 0.696. The van der Waals surface area contributed by atoms with E-state index in [4.69, 9.17) is 23.9 Å². The Labute approximate surface area is 187 Å². The molecule has 0 bridgehead atoms. The molecule has 2 rings (SSSR count). The Morgan fingerprint density at radius 1 is 1.06 bits per heavy atom. The molecular formula is C23H40N4O4. The molecule has 1 aliphatic heterocycles. The maximum atomic E-state index is 5.53. The lowest BCUT2D eigenvalue weighted by Crippen LogP contribution is -2.51. The zero-order chi connectivity index (χ0) is 22.6. The van der Waals surface area contributed by atoms with Crippen molar-refractivity contribution in [2.75, 3.05) is 60.7 Å². The van der Waals surface area contributed by atoms with Gasteiger partial charge in [0.25, 0.3) is 0 Å². The van der Waals surface area contributed by atoms with Gasteiger partial charge in [-0.15, -0.1) is 0 Å². The van der Waals surface area contributed by atoms with Crippen LogP contribution in [0.5, 0.6) is 17.2 Å². The highest BCUT2D eigenvalue weighted by atomic mass is 16.5. The van der Waals surface area contributed by atoms with Gasteiger partial charge >= 0.3 is 0 Å². The maximum absolute atomic E-state index is 5.53. The van der Waals surface area contributed by atoms with Crippen molar-refractivity contribution in [3.05, 3.63) is 17.7 Å². The van der Waals surface area contributed by atoms with Gasteiger partial charge in [0, 0.05) is 32.2 Å². The van der Waals surface area contributed by atoms with Crippen molar-refractivity contribution in [1.29, 1.82) is 0 Å². The number of benzene rings is 1. The van der Waals surface area contributed by atoms with Crippen molar-refractivity contribution in [2.24, 2.45) is 10.9 Å². The minimum atomic E-state index is 0.453. The van der Waals surface area contributed by atoms with Crippen molar-refractivity contribution < 1.29 is 18.9 Å². The maximum Gasteiger partial charge on any atom is 0.203 e. The Hall–Kier alpha value is -2.19. The highest BCUT2D eigenvalue weighted by Crippen LogP contribution is 2.38. The fourth-order valence-electron chi connectivity index (χ4n) is 3.80. The SMILES string of the molecule is CCNC(=NCc1cc(OC)c(OC)c(OC)c1)NCC(CC(C)C)N1CCOCC1. The summed E-state index contributed by atoms with van der Waals surface area (Å²) in [4.78, 5) is 7.31. The molecule has 8 nitrogen and oxygen atoms in total. The van der Waals surface area contributed by atoms with E-state index in [1.165, 1.54) is 0 Å². The first-order chi connectivity index (χ1) is 15.0. The van der Waals surface area contributed by atoms with Crippen LogP contribution in [-0.2, 0) is 11.3 Å². The molecule has 1 aromatic rings. The van der Waals surface area contributed by atoms with E-state index in [0.717, 1.165) is 57.3 Å². The highest BCUT2D eigenvalue weighted by molar-refractivity contribution is 5.79. The second-order valence-electron chi connectivity index (χ2n) is 8.04. The van der Waals surface area contributed by atoms with Crippen LogP contribution in [0.4, 0.5) is 0 Å². The first-order valence-electron chi connectivity index (χ1n) is 11.1. The van der Waals surface area contributed by atoms with Gasteiger partial charge < -0.3 is 29.6 Å². The smallest absolute Gasteiger partial charge is 0.203 e. The number of nitrogens with one attached hydrogen (secondary N) is 2. The Morgan fingerprint density at radius 2 is 1.71 bits per heavy atom. The van der Waals surface area contributed by atoms with E-state index in [-0.39, 0.29) is 0 Å². The van der Waals surface area contributed by atoms with Crippen LogP contribution in [-0.4, -0.2) is 77.6 Å². The molecule has 0 aliphatic carbocycles. The van der Waals surface area contributed by atoms with Gasteiger partial charge in [-0.2, -0.15) is 0 Å². The summed E-state index contributed by atoms with van der Waals surface area (Å²) in [5.74, 6) is 3.29. The molecule has 0 radical (unpaired) electrons. The molecule has 31 heavy (non-hydrogen) atoms. The molecule has 0 amide bonds. The van der Waals surface area contributed by atoms with Crippen molar-refractivity contribution >= 4 is 5.96 Å². The average molecular weight is 437 g/mol. The molecule has 176 valence electrons. The van der Waals surface area contributed by atoms with Gasteiger partial charge in [-0.3, -0.25) is 4.90 Å². The zero-order valence-electron chi connectivity index (χ0n) is 20.0. The lowest BCUT2D eigenvalue weighted by Gasteiger charge is -2.35. The predicted octanol–water partition coefficient (Wildman–Crippen LogP) is 2.51. The van der Waals surface area contributed by atoms with Gasteiger partial charge in [-0.1, -0.05) is 13.8 Å². The second kappa shape index (κ2) is 13.3. The van der Waals surface area contributed by atoms with E-state index in [1.54, 1.807) is 21.3 Å². The lowest BCUT2D eigenvalue weighted by atomic mass is 10.0. The van der Waals surface area contributed by atoms with Crippen LogP contribution in [0.25, 0.3) is 0 Å². The van der Waals surface area contributed by atoms with Crippen LogP contribution in [0.3, 0.4) is 0 Å². The number of methoxy groups -OCH3 is 3. The number of ether oxygens (including phenoxy) is 4. The van der Waals surface area contributed by atoms with Crippen molar-refractivity contribution in [3.63, 3.8) is 0 Å². The molecule has 1 atom stereocenters. The molecule has 0 spiro atoms. The molecule has 0 saturated carbocycles. The minimum absolute atomic E-state index is 0.453. The summed E-state index contributed by atoms with van der Waals surface area (Å²) >= 11 is 0. The average Bonchev–Trinajstić information content (AvgIpc) is 2.79. The van der Waals surface area contributed by atoms with E-state index >= 15 is 0 Å². The molecule has 1 aromatic carbocycles. The van der Waals surface area contributed by atoms with Crippen LogP contribution in [0.2, 0.25) is 0 Å². The zero-order valence-corrected chi connectivity index (χ0v) is 20.0. The first kappa shape index (κ1) is 25.1. The topological polar surface area (TPSA) is 76.6 Å². The van der Waals surface area contributed by atoms with E-state index < -0.39 is 0 Å². The summed E-state index contributed by atoms with van der Waals surface area (Å²) in [6.45, 7) is 12.4. The third-order valence-electron chi connectivity index (χ3n) is 5.30. The van der Waals surface area contributed by atoms with Crippen molar-refractivity contribution in [2.45, 2.75) is 39.8 Å². The summed E-state index contributed by atoms with van der Waals surface area (Å²) in [7, 11) is 4.85. The lowest BCUT2D eigenvalue weighted by molar-refractivity contribution is 0.0132. The number of morpholine rings is 1. The Morgan fingerprint density at radius 3 is 2.23 bits per heavy atom. The molecule has 1 unspecified atom stereocenters. The third kappa shape index (κ3) is 7.78. The van der Waals surface area contributed by atoms with Gasteiger partial charge in [-0.05, 0) is 37.0 Å². The number of hydrogen-bond donors (Lipinski definition) is 2. The molecule has 1 fully saturated rings. The van der Waals surface area contributed by atoms with Crippen molar-refractivity contribution in [1.82, 2.24) is 15.5 Å². The van der Waals surface area contributed by atoms with Gasteiger partial charge in [0.1, 0.15) is 0 Å². The minimum Gasteiger partial charge on any atom is -0.493 e. The summed E-state index contributed by atoms with van der Waals surface area (Å²) in [5, 5.41) is 6.90. The molecular weight excluding hydrogens is 396 g/mol. The van der Waals surface area contributed by atoms with Crippen LogP contribution < -0.4 is 24.8 Å². The number of rotatable bonds is 11. The van der Waals surface area contributed by atoms with E-state index in [0.29, 0.717) is 35.8 Å². The normalized spacial score (nSPS) is 16.2. The molecule has 1 heterocycles. The number of aliphatic imine (C=N–C) groups is 1. The van der Waals surface area contributed by atoms with E-state index in [9.17, 15) is 0 Å². The predicted molar refractivity (Wildman–Crippen MR) is 125 cm³/mol. The Balaban J connectivity index is 2.09. The summed E-state index contributed by atoms with van der Waals surface area (Å²) < 4.78 is 21.9. The first-order valence-corrected chi connectivity index (χ1v) is 11.1. The summed E-state index contributed by atoms with van der Waals surface area (Å²) in [6.07, 6.45) is 1.14. The molecule has 0 aromatic heterocycles. The largest absolute Gasteiger partial charge is 0.493 e. The van der Waals surface area contributed by atoms with Gasteiger partial charge in [0.2, 0.25) is 5.75 Å². The number of hydrogen-bond acceptors (Lipinski definition) is 6. The van der Waals surface area contributed by atoms with Crippen LogP contribution >= 0.6 is 0 Å². The summed E-state index contributed by atoms with van der Waals surface area (Å²) in [5.41, 5.74) is 0.985. The third-order valence-corrected chi connectivity index (χ3v) is 5.30. The number of guanidine groups is 1. The van der Waals surface area contributed by atoms with Crippen LogP contribution in [0.1, 0.15) is 32.8 Å². The van der Waals surface area contributed by atoms with Gasteiger partial charge in [-0.25, -0.2) is 4.99 Å². The monoisotopic (exact) mass is 436 g/mol. The fourth-order valence-corrected chi connectivity index (χ4v) is 3.80. The van der Waals surface area contributed by atoms with Crippen LogP contribution in [0, 0.1) is 5.92 Å². The Kier molecular flexibility index (Phi) is 10.7. The van der Waals surface area contributed by atoms with Gasteiger partial charge in [0.15, 0.2) is 17.5 Å². The second-order valence-corrected chi connectivity index (χ2v) is 8.04. The Bertz CT molecular complexity index is 665. The quantitative estimate of drug-likeness (QED) is 0.408. The standard InChI is InChI=1S/C23H40N4O4/c1-7-24-23(26-16-19(12-17(2)3)27-8-10-31-11-9-27)25-15-18-13-20(28-4)22(30-6)21(14-18)29-5/h13-14,17,19H,7-12,15-16H2,1-6H3,(H2,24,25,26). The molecule has 1 aliphatic rings. The summed E-state index contributed by atoms with van der Waals surface area (Å²) in [6, 6.07) is 4.32. The molecule has 2 N–H and O–H groups in total. The van der Waals surface area contributed by atoms with E-state index in [1.807, 2.05) is 12.1 Å². The molecule has 8 heteroatoms.